The van der Waals surface area contributed by atoms with Gasteiger partial charge in [0, 0.05) is 48.9 Å². The minimum absolute atomic E-state index is 0.522. The molecule has 0 N–H and O–H groups in total. The third-order valence-electron chi connectivity index (χ3n) is 10.5. The van der Waals surface area contributed by atoms with Crippen molar-refractivity contribution in [2.45, 2.75) is 38.5 Å². The predicted molar refractivity (Wildman–Crippen MR) is 230 cm³/mol. The zero-order chi connectivity index (χ0) is 40.1. The molecule has 58 heavy (non-hydrogen) atoms. The summed E-state index contributed by atoms with van der Waals surface area (Å²) in [6.45, 7) is 8.23. The molecule has 306 valence electrons. The van der Waals surface area contributed by atoms with Crippen LogP contribution in [0.5, 0.6) is 34.5 Å². The monoisotopic (exact) mass is 806 g/mol. The summed E-state index contributed by atoms with van der Waals surface area (Å²) >= 11 is 1.73. The number of unbranched alkanes of at least 4 members (excludes halogenated alkanes) is 4. The molecule has 0 amide bonds. The number of fused-ring (bicyclic) bond motifs is 1. The summed E-state index contributed by atoms with van der Waals surface area (Å²) in [7, 11) is 6.41. The lowest BCUT2D eigenvalue weighted by Gasteiger charge is -2.34. The topological polar surface area (TPSA) is 101 Å². The Labute approximate surface area is 345 Å². The summed E-state index contributed by atoms with van der Waals surface area (Å²) in [6.07, 6.45) is 6.70. The van der Waals surface area contributed by atoms with Crippen molar-refractivity contribution < 1.29 is 32.9 Å². The van der Waals surface area contributed by atoms with Crippen LogP contribution in [-0.2, 0) is 0 Å². The van der Waals surface area contributed by atoms with E-state index in [1.54, 1.807) is 39.8 Å². The van der Waals surface area contributed by atoms with E-state index in [2.05, 4.69) is 57.4 Å². The lowest BCUT2D eigenvalue weighted by Crippen LogP contribution is -2.46. The summed E-state index contributed by atoms with van der Waals surface area (Å²) in [4.78, 5) is 9.98. The molecule has 0 spiro atoms. The van der Waals surface area contributed by atoms with Crippen molar-refractivity contribution in [1.29, 1.82) is 0 Å². The van der Waals surface area contributed by atoms with E-state index >= 15 is 0 Å². The van der Waals surface area contributed by atoms with Gasteiger partial charge in [0.2, 0.25) is 5.75 Å². The Balaban J connectivity index is 0.757. The zero-order valence-corrected chi connectivity index (χ0v) is 34.9. The lowest BCUT2D eigenvalue weighted by atomic mass is 10.1. The second-order valence-electron chi connectivity index (χ2n) is 14.4. The zero-order valence-electron chi connectivity index (χ0n) is 34.0. The Hall–Kier alpha value is -5.30. The van der Waals surface area contributed by atoms with Gasteiger partial charge in [-0.25, -0.2) is 4.98 Å². The van der Waals surface area contributed by atoms with Gasteiger partial charge in [0.1, 0.15) is 16.5 Å². The van der Waals surface area contributed by atoms with E-state index in [0.29, 0.717) is 46.8 Å². The van der Waals surface area contributed by atoms with Crippen LogP contribution in [0.3, 0.4) is 0 Å². The van der Waals surface area contributed by atoms with Crippen LogP contribution in [0.4, 0.5) is 0 Å². The Kier molecular flexibility index (Phi) is 14.4. The van der Waals surface area contributed by atoms with E-state index in [0.717, 1.165) is 105 Å². The maximum absolute atomic E-state index is 6.22. The van der Waals surface area contributed by atoms with Crippen LogP contribution in [0.1, 0.15) is 38.5 Å². The molecule has 6 aromatic rings. The average Bonchev–Trinajstić information content (AvgIpc) is 3.95. The van der Waals surface area contributed by atoms with Gasteiger partial charge in [0.15, 0.2) is 28.8 Å². The molecule has 1 saturated heterocycles. The van der Waals surface area contributed by atoms with Gasteiger partial charge in [-0.2, -0.15) is 0 Å². The molecule has 0 atom stereocenters. The highest BCUT2D eigenvalue weighted by atomic mass is 32.1. The SMILES string of the molecule is COc1ccc(-c2cc(-c3cc(OC)c(OC)c(OC)c3)no2)cc1OCCCCCN1CCN(CCCCCOc2ccc(-c3nc4ccccc4s3)cc2)CC1. The molecule has 0 bridgehead atoms. The van der Waals surface area contributed by atoms with Gasteiger partial charge < -0.3 is 42.7 Å². The summed E-state index contributed by atoms with van der Waals surface area (Å²) in [5, 5.41) is 5.36. The van der Waals surface area contributed by atoms with Crippen LogP contribution < -0.4 is 28.4 Å². The van der Waals surface area contributed by atoms with E-state index in [9.17, 15) is 0 Å². The van der Waals surface area contributed by atoms with Crippen LogP contribution in [-0.4, -0.2) is 101 Å². The maximum atomic E-state index is 6.22. The number of para-hydroxylation sites is 1. The molecule has 4 aromatic carbocycles. The molecule has 2 aromatic heterocycles. The fourth-order valence-corrected chi connectivity index (χ4v) is 8.22. The number of methoxy groups -OCH3 is 4. The van der Waals surface area contributed by atoms with Gasteiger partial charge in [-0.1, -0.05) is 17.3 Å². The highest BCUT2D eigenvalue weighted by Crippen LogP contribution is 2.42. The number of thiazole rings is 1. The summed E-state index contributed by atoms with van der Waals surface area (Å²) in [5.74, 6) is 4.51. The van der Waals surface area contributed by atoms with Crippen LogP contribution >= 0.6 is 11.3 Å². The standard InChI is InChI=1S/C46H54N4O7S/c1-51-39-20-17-34(40-32-38(48-57-40)35-30-42(52-2)45(54-4)43(31-35)53-3)29-41(39)56-28-12-6-10-22-50-25-23-49(24-26-50)21-9-5-11-27-55-36-18-15-33(16-19-36)46-47-37-13-7-8-14-44(37)58-46/h7-8,13-20,29-32H,5-6,9-12,21-28H2,1-4H3. The number of aromatic nitrogens is 2. The van der Waals surface area contributed by atoms with Gasteiger partial charge in [-0.05, 0) is 118 Å². The Bertz CT molecular complexity index is 2140. The molecule has 0 saturated carbocycles. The first-order valence-electron chi connectivity index (χ1n) is 20.2. The van der Waals surface area contributed by atoms with Crippen molar-refractivity contribution >= 4 is 21.6 Å². The molecule has 1 aliphatic rings. The number of rotatable bonds is 21. The van der Waals surface area contributed by atoms with Crippen molar-refractivity contribution in [1.82, 2.24) is 19.9 Å². The number of nitrogens with zero attached hydrogens (tertiary/aromatic N) is 4. The average molecular weight is 807 g/mol. The van der Waals surface area contributed by atoms with Crippen LogP contribution in [0.15, 0.2) is 89.5 Å². The largest absolute Gasteiger partial charge is 0.494 e. The molecule has 0 unspecified atom stereocenters. The molecule has 0 radical (unpaired) electrons. The van der Waals surface area contributed by atoms with Crippen molar-refractivity contribution in [3.63, 3.8) is 0 Å². The fraction of sp³-hybridized carbons (Fsp3) is 0.391. The van der Waals surface area contributed by atoms with Crippen LogP contribution in [0.2, 0.25) is 0 Å². The number of benzene rings is 4. The number of hydrogen-bond donors (Lipinski definition) is 0. The Morgan fingerprint density at radius 3 is 1.84 bits per heavy atom. The minimum atomic E-state index is 0.522. The molecular formula is C46H54N4O7S. The third kappa shape index (κ3) is 10.4. The predicted octanol–water partition coefficient (Wildman–Crippen LogP) is 9.74. The number of piperazine rings is 1. The molecule has 1 aliphatic heterocycles. The summed E-state index contributed by atoms with van der Waals surface area (Å²) < 4.78 is 41.3. The van der Waals surface area contributed by atoms with Crippen molar-refractivity contribution in [2.24, 2.45) is 0 Å². The third-order valence-corrected chi connectivity index (χ3v) is 11.6. The second kappa shape index (κ2) is 20.4. The molecule has 1 fully saturated rings. The summed E-state index contributed by atoms with van der Waals surface area (Å²) in [5.41, 5.74) is 4.46. The minimum Gasteiger partial charge on any atom is -0.494 e. The van der Waals surface area contributed by atoms with Gasteiger partial charge in [0.25, 0.3) is 0 Å². The highest BCUT2D eigenvalue weighted by molar-refractivity contribution is 7.21. The van der Waals surface area contributed by atoms with E-state index in [4.69, 9.17) is 37.9 Å². The molecule has 11 nitrogen and oxygen atoms in total. The van der Waals surface area contributed by atoms with Crippen LogP contribution in [0.25, 0.3) is 43.4 Å². The highest BCUT2D eigenvalue weighted by Gasteiger charge is 2.19. The van der Waals surface area contributed by atoms with Gasteiger partial charge in [0.05, 0.1) is 51.9 Å². The van der Waals surface area contributed by atoms with E-state index in [1.807, 2.05) is 42.5 Å². The normalized spacial score (nSPS) is 13.4. The fourth-order valence-electron chi connectivity index (χ4n) is 7.25. The quantitative estimate of drug-likeness (QED) is 0.0650. The van der Waals surface area contributed by atoms with Crippen molar-refractivity contribution in [2.75, 3.05) is 80.9 Å². The second-order valence-corrected chi connectivity index (χ2v) is 15.4. The van der Waals surface area contributed by atoms with Gasteiger partial charge in [-0.3, -0.25) is 0 Å². The molecule has 0 aliphatic carbocycles. The first-order valence-corrected chi connectivity index (χ1v) is 21.0. The lowest BCUT2D eigenvalue weighted by molar-refractivity contribution is 0.128. The number of hydrogen-bond acceptors (Lipinski definition) is 12. The van der Waals surface area contributed by atoms with Crippen molar-refractivity contribution in [3.8, 4) is 67.6 Å². The first kappa shape index (κ1) is 40.9. The number of ether oxygens (including phenoxy) is 6. The van der Waals surface area contributed by atoms with E-state index in [-0.39, 0.29) is 0 Å². The molecule has 3 heterocycles. The Morgan fingerprint density at radius 1 is 0.586 bits per heavy atom. The van der Waals surface area contributed by atoms with E-state index < -0.39 is 0 Å². The summed E-state index contributed by atoms with van der Waals surface area (Å²) in [6, 6.07) is 28.0. The molecule has 12 heteroatoms. The first-order chi connectivity index (χ1) is 28.5. The van der Waals surface area contributed by atoms with Crippen LogP contribution in [0, 0.1) is 0 Å². The molecule has 7 rings (SSSR count). The van der Waals surface area contributed by atoms with Gasteiger partial charge in [-0.15, -0.1) is 11.3 Å². The smallest absolute Gasteiger partial charge is 0.203 e. The van der Waals surface area contributed by atoms with Crippen molar-refractivity contribution in [3.05, 3.63) is 84.9 Å². The molecular weight excluding hydrogens is 753 g/mol. The maximum Gasteiger partial charge on any atom is 0.203 e. The van der Waals surface area contributed by atoms with Gasteiger partial charge >= 0.3 is 0 Å². The van der Waals surface area contributed by atoms with E-state index in [1.165, 1.54) is 17.5 Å². The Morgan fingerprint density at radius 2 is 1.21 bits per heavy atom.